The van der Waals surface area contributed by atoms with E-state index in [0.29, 0.717) is 10.9 Å². The molecular weight excluding hydrogens is 196 g/mol. The summed E-state index contributed by atoms with van der Waals surface area (Å²) in [5.74, 6) is 0. The summed E-state index contributed by atoms with van der Waals surface area (Å²) in [6.45, 7) is 2.03. The molecule has 0 atom stereocenters. The third kappa shape index (κ3) is 1.14. The number of aromatic amines is 1. The van der Waals surface area contributed by atoms with Crippen molar-refractivity contribution < 1.29 is 0 Å². The van der Waals surface area contributed by atoms with E-state index in [0.717, 1.165) is 16.7 Å². The second-order valence-electron chi connectivity index (χ2n) is 2.96. The first kappa shape index (κ1) is 8.97. The Morgan fingerprint density at radius 2 is 2.43 bits per heavy atom. The van der Waals surface area contributed by atoms with Crippen LogP contribution in [0.3, 0.4) is 0 Å². The number of fused-ring (bicyclic) bond motifs is 1. The number of hydrogen-bond donors (Lipinski definition) is 1. The Morgan fingerprint density at radius 3 is 3.07 bits per heavy atom. The molecule has 1 N–H and O–H groups in total. The molecule has 0 aromatic carbocycles. The third-order valence-electron chi connectivity index (χ3n) is 2.19. The zero-order valence-electron chi connectivity index (χ0n) is 7.63. The molecule has 0 saturated heterocycles. The summed E-state index contributed by atoms with van der Waals surface area (Å²) in [5, 5.41) is 11.1. The largest absolute Gasteiger partial charge is 0.328 e. The van der Waals surface area contributed by atoms with Gasteiger partial charge in [0.15, 0.2) is 0 Å². The molecule has 2 aromatic rings. The van der Waals surface area contributed by atoms with Crippen LogP contribution in [0.15, 0.2) is 16.4 Å². The second-order valence-corrected chi connectivity index (χ2v) is 3.84. The summed E-state index contributed by atoms with van der Waals surface area (Å²) in [6.07, 6.45) is 2.58. The van der Waals surface area contributed by atoms with Gasteiger partial charge >= 0.3 is 0 Å². The van der Waals surface area contributed by atoms with Crippen LogP contribution >= 0.6 is 11.3 Å². The van der Waals surface area contributed by atoms with Crippen LogP contribution < -0.4 is 5.56 Å². The number of hydrogen-bond acceptors (Lipinski definition) is 3. The number of nitrogens with one attached hydrogen (secondary N) is 1. The molecule has 0 fully saturated rings. The van der Waals surface area contributed by atoms with Crippen LogP contribution in [0.4, 0.5) is 0 Å². The van der Waals surface area contributed by atoms with E-state index in [1.165, 1.54) is 11.3 Å². The highest BCUT2D eigenvalue weighted by atomic mass is 32.1. The van der Waals surface area contributed by atoms with Gasteiger partial charge in [-0.05, 0) is 12.0 Å². The van der Waals surface area contributed by atoms with Crippen molar-refractivity contribution >= 4 is 21.4 Å². The zero-order valence-corrected chi connectivity index (χ0v) is 8.44. The number of nitrogens with zero attached hydrogens (tertiary/aromatic N) is 1. The molecule has 0 bridgehead atoms. The fraction of sp³-hybridized carbons (Fsp3) is 0.200. The van der Waals surface area contributed by atoms with Crippen LogP contribution in [-0.4, -0.2) is 4.98 Å². The highest BCUT2D eigenvalue weighted by Gasteiger charge is 2.10. The van der Waals surface area contributed by atoms with E-state index in [-0.39, 0.29) is 5.56 Å². The van der Waals surface area contributed by atoms with E-state index in [1.807, 2.05) is 13.0 Å². The van der Waals surface area contributed by atoms with E-state index < -0.39 is 0 Å². The number of aryl methyl sites for hydroxylation is 1. The lowest BCUT2D eigenvalue weighted by Crippen LogP contribution is -2.06. The number of pyridine rings is 1. The number of H-pyrrole nitrogens is 1. The molecule has 0 amide bonds. The summed E-state index contributed by atoms with van der Waals surface area (Å²) >= 11 is 1.46. The van der Waals surface area contributed by atoms with Crippen molar-refractivity contribution in [1.82, 2.24) is 4.98 Å². The molecule has 2 rings (SSSR count). The lowest BCUT2D eigenvalue weighted by atomic mass is 10.1. The van der Waals surface area contributed by atoms with Crippen LogP contribution in [0, 0.1) is 11.3 Å². The van der Waals surface area contributed by atoms with Gasteiger partial charge < -0.3 is 4.98 Å². The van der Waals surface area contributed by atoms with Gasteiger partial charge in [0.05, 0.1) is 10.9 Å². The van der Waals surface area contributed by atoms with Crippen LogP contribution in [-0.2, 0) is 6.42 Å². The summed E-state index contributed by atoms with van der Waals surface area (Å²) in [5.41, 5.74) is 1.39. The maximum Gasteiger partial charge on any atom is 0.258 e. The van der Waals surface area contributed by atoms with Gasteiger partial charge in [-0.3, -0.25) is 4.79 Å². The van der Waals surface area contributed by atoms with Crippen molar-refractivity contribution in [3.05, 3.63) is 33.1 Å². The van der Waals surface area contributed by atoms with Crippen LogP contribution in [0.5, 0.6) is 0 Å². The molecule has 2 heterocycles. The first-order chi connectivity index (χ1) is 6.77. The smallest absolute Gasteiger partial charge is 0.258 e. The Morgan fingerprint density at radius 1 is 1.64 bits per heavy atom. The number of aromatic nitrogens is 1. The maximum atomic E-state index is 11.5. The first-order valence-electron chi connectivity index (χ1n) is 4.29. The van der Waals surface area contributed by atoms with Gasteiger partial charge in [0.1, 0.15) is 6.07 Å². The van der Waals surface area contributed by atoms with Gasteiger partial charge in [-0.2, -0.15) is 5.26 Å². The van der Waals surface area contributed by atoms with Gasteiger partial charge in [-0.25, -0.2) is 0 Å². The van der Waals surface area contributed by atoms with Crippen molar-refractivity contribution in [3.63, 3.8) is 0 Å². The molecule has 3 nitrogen and oxygen atoms in total. The third-order valence-corrected chi connectivity index (χ3v) is 3.24. The van der Waals surface area contributed by atoms with E-state index in [2.05, 4.69) is 4.98 Å². The molecule has 4 heteroatoms. The Hall–Kier alpha value is -1.60. The lowest BCUT2D eigenvalue weighted by Gasteiger charge is -1.96. The number of thiophene rings is 1. The molecular formula is C10H8N2OS. The Balaban J connectivity index is 2.96. The van der Waals surface area contributed by atoms with Crippen LogP contribution in [0.25, 0.3) is 10.1 Å². The van der Waals surface area contributed by atoms with Gasteiger partial charge in [-0.1, -0.05) is 6.92 Å². The average Bonchev–Trinajstić information content (AvgIpc) is 2.63. The van der Waals surface area contributed by atoms with Crippen LogP contribution in [0.2, 0.25) is 0 Å². The molecule has 0 spiro atoms. The average molecular weight is 204 g/mol. The van der Waals surface area contributed by atoms with E-state index in [1.54, 1.807) is 11.6 Å². The zero-order chi connectivity index (χ0) is 10.1. The summed E-state index contributed by atoms with van der Waals surface area (Å²) in [4.78, 5) is 14.1. The van der Waals surface area contributed by atoms with E-state index >= 15 is 0 Å². The van der Waals surface area contributed by atoms with E-state index in [9.17, 15) is 4.79 Å². The molecule has 0 radical (unpaired) electrons. The van der Waals surface area contributed by atoms with Crippen molar-refractivity contribution in [2.45, 2.75) is 13.3 Å². The van der Waals surface area contributed by atoms with Crippen molar-refractivity contribution in [1.29, 1.82) is 5.26 Å². The Kier molecular flexibility index (Phi) is 2.10. The Bertz CT molecular complexity index is 574. The summed E-state index contributed by atoms with van der Waals surface area (Å²) in [7, 11) is 0. The minimum Gasteiger partial charge on any atom is -0.328 e. The van der Waals surface area contributed by atoms with Gasteiger partial charge in [0.2, 0.25) is 0 Å². The first-order valence-corrected chi connectivity index (χ1v) is 5.17. The minimum absolute atomic E-state index is 0.171. The standard InChI is InChI=1S/C10H8N2OS/c1-2-6-4-12-10(13)8-7(3-11)5-14-9(6)8/h4-5H,2H2,1H3,(H,12,13). The lowest BCUT2D eigenvalue weighted by molar-refractivity contribution is 1.12. The fourth-order valence-electron chi connectivity index (χ4n) is 1.45. The predicted molar refractivity (Wildman–Crippen MR) is 56.5 cm³/mol. The minimum atomic E-state index is -0.171. The SMILES string of the molecule is CCc1c[nH]c(=O)c2c(C#N)csc12. The molecule has 0 aliphatic heterocycles. The molecule has 0 aliphatic carbocycles. The number of nitriles is 1. The van der Waals surface area contributed by atoms with Crippen molar-refractivity contribution in [2.24, 2.45) is 0 Å². The van der Waals surface area contributed by atoms with Gasteiger partial charge in [0.25, 0.3) is 5.56 Å². The van der Waals surface area contributed by atoms with Crippen molar-refractivity contribution in [2.75, 3.05) is 0 Å². The summed E-state index contributed by atoms with van der Waals surface area (Å²) < 4.78 is 0.938. The van der Waals surface area contributed by atoms with E-state index in [4.69, 9.17) is 5.26 Å². The van der Waals surface area contributed by atoms with Crippen molar-refractivity contribution in [3.8, 4) is 6.07 Å². The van der Waals surface area contributed by atoms with Crippen LogP contribution in [0.1, 0.15) is 18.1 Å². The fourth-order valence-corrected chi connectivity index (χ4v) is 2.54. The molecule has 70 valence electrons. The molecule has 0 saturated carbocycles. The second kappa shape index (κ2) is 3.28. The number of rotatable bonds is 1. The molecule has 0 aliphatic rings. The highest BCUT2D eigenvalue weighted by Crippen LogP contribution is 2.25. The predicted octanol–water partition coefficient (Wildman–Crippen LogP) is 2.02. The highest BCUT2D eigenvalue weighted by molar-refractivity contribution is 7.17. The topological polar surface area (TPSA) is 56.6 Å². The quantitative estimate of drug-likeness (QED) is 0.772. The normalized spacial score (nSPS) is 10.3. The Labute approximate surface area is 84.6 Å². The monoisotopic (exact) mass is 204 g/mol. The summed E-state index contributed by atoms with van der Waals surface area (Å²) in [6, 6.07) is 2.03. The van der Waals surface area contributed by atoms with Gasteiger partial charge in [0, 0.05) is 16.3 Å². The maximum absolute atomic E-state index is 11.5. The molecule has 14 heavy (non-hydrogen) atoms. The molecule has 2 aromatic heterocycles. The van der Waals surface area contributed by atoms with Gasteiger partial charge in [-0.15, -0.1) is 11.3 Å². The molecule has 0 unspecified atom stereocenters.